The first-order valence-electron chi connectivity index (χ1n) is 8.60. The molecule has 2 aromatic heterocycles. The third-order valence-electron chi connectivity index (χ3n) is 3.96. The number of nitrogens with zero attached hydrogens (tertiary/aromatic N) is 4. The fourth-order valence-corrected chi connectivity index (χ4v) is 2.58. The molecule has 0 saturated heterocycles. The molecule has 0 fully saturated rings. The SMILES string of the molecule is CN=C(NCCc1ccn(-c2ccc(F)cc2)n1)NCCn1cccc1.I. The van der Waals surface area contributed by atoms with E-state index in [4.69, 9.17) is 0 Å². The molecule has 144 valence electrons. The van der Waals surface area contributed by atoms with Gasteiger partial charge < -0.3 is 15.2 Å². The molecule has 0 radical (unpaired) electrons. The minimum absolute atomic E-state index is 0. The van der Waals surface area contributed by atoms with Gasteiger partial charge in [0.1, 0.15) is 5.82 Å². The lowest BCUT2D eigenvalue weighted by Crippen LogP contribution is -2.39. The average Bonchev–Trinajstić information content (AvgIpc) is 3.33. The summed E-state index contributed by atoms with van der Waals surface area (Å²) in [7, 11) is 1.76. The van der Waals surface area contributed by atoms with Crippen LogP contribution in [0.4, 0.5) is 4.39 Å². The van der Waals surface area contributed by atoms with Crippen molar-refractivity contribution < 1.29 is 4.39 Å². The molecule has 0 saturated carbocycles. The largest absolute Gasteiger partial charge is 0.356 e. The van der Waals surface area contributed by atoms with Crippen molar-refractivity contribution >= 4 is 29.9 Å². The third-order valence-corrected chi connectivity index (χ3v) is 3.96. The number of nitrogens with one attached hydrogen (secondary N) is 2. The van der Waals surface area contributed by atoms with Gasteiger partial charge in [0, 0.05) is 51.7 Å². The summed E-state index contributed by atoms with van der Waals surface area (Å²) in [5.41, 5.74) is 1.80. The van der Waals surface area contributed by atoms with Crippen LogP contribution in [0.3, 0.4) is 0 Å². The number of guanidine groups is 1. The summed E-state index contributed by atoms with van der Waals surface area (Å²) in [6.45, 7) is 2.41. The van der Waals surface area contributed by atoms with Crippen molar-refractivity contribution in [2.24, 2.45) is 4.99 Å². The van der Waals surface area contributed by atoms with Crippen LogP contribution >= 0.6 is 24.0 Å². The number of halogens is 2. The number of rotatable bonds is 7. The van der Waals surface area contributed by atoms with E-state index in [-0.39, 0.29) is 29.8 Å². The quantitative estimate of drug-likeness (QED) is 0.310. The fourth-order valence-electron chi connectivity index (χ4n) is 2.58. The summed E-state index contributed by atoms with van der Waals surface area (Å²) < 4.78 is 16.9. The highest BCUT2D eigenvalue weighted by Crippen LogP contribution is 2.09. The molecule has 0 atom stereocenters. The predicted molar refractivity (Wildman–Crippen MR) is 116 cm³/mol. The van der Waals surface area contributed by atoms with Gasteiger partial charge in [-0.1, -0.05) is 0 Å². The van der Waals surface area contributed by atoms with E-state index < -0.39 is 0 Å². The normalized spacial score (nSPS) is 11.1. The number of aliphatic imine (C=N–C) groups is 1. The summed E-state index contributed by atoms with van der Waals surface area (Å²) in [5.74, 6) is 0.524. The number of hydrogen-bond donors (Lipinski definition) is 2. The number of hydrogen-bond acceptors (Lipinski definition) is 2. The smallest absolute Gasteiger partial charge is 0.191 e. The maximum atomic E-state index is 13.0. The summed E-state index contributed by atoms with van der Waals surface area (Å²) in [6.07, 6.45) is 6.73. The van der Waals surface area contributed by atoms with E-state index in [1.807, 2.05) is 36.8 Å². The Labute approximate surface area is 175 Å². The Morgan fingerprint density at radius 2 is 1.74 bits per heavy atom. The molecule has 0 aliphatic heterocycles. The Morgan fingerprint density at radius 1 is 1.04 bits per heavy atom. The first-order chi connectivity index (χ1) is 12.7. The molecule has 2 N–H and O–H groups in total. The molecule has 8 heteroatoms. The van der Waals surface area contributed by atoms with E-state index in [1.54, 1.807) is 23.9 Å². The Kier molecular flexibility index (Phi) is 8.31. The van der Waals surface area contributed by atoms with Crippen molar-refractivity contribution in [3.63, 3.8) is 0 Å². The fraction of sp³-hybridized carbons (Fsp3) is 0.263. The Balaban J connectivity index is 0.00000261. The standard InChI is InChI=1S/C19H23FN6.HI/c1-21-19(23-11-15-25-12-2-3-13-25)22-10-8-17-9-14-26(24-17)18-6-4-16(20)5-7-18;/h2-7,9,12-14H,8,10-11,15H2,1H3,(H2,21,22,23);1H. The molecule has 0 bridgehead atoms. The summed E-state index contributed by atoms with van der Waals surface area (Å²) in [5, 5.41) is 11.1. The van der Waals surface area contributed by atoms with Gasteiger partial charge in [-0.2, -0.15) is 5.10 Å². The monoisotopic (exact) mass is 482 g/mol. The summed E-state index contributed by atoms with van der Waals surface area (Å²) >= 11 is 0. The second-order valence-corrected chi connectivity index (χ2v) is 5.82. The second kappa shape index (κ2) is 10.7. The molecule has 27 heavy (non-hydrogen) atoms. The van der Waals surface area contributed by atoms with Gasteiger partial charge in [0.2, 0.25) is 0 Å². The topological polar surface area (TPSA) is 59.2 Å². The van der Waals surface area contributed by atoms with Crippen LogP contribution in [0.5, 0.6) is 0 Å². The van der Waals surface area contributed by atoms with Gasteiger partial charge in [-0.3, -0.25) is 4.99 Å². The van der Waals surface area contributed by atoms with Crippen molar-refractivity contribution in [3.8, 4) is 5.69 Å². The second-order valence-electron chi connectivity index (χ2n) is 5.82. The number of aromatic nitrogens is 3. The zero-order valence-electron chi connectivity index (χ0n) is 15.2. The molecular formula is C19H24FIN6. The molecule has 0 amide bonds. The highest BCUT2D eigenvalue weighted by atomic mass is 127. The molecule has 0 aliphatic carbocycles. The van der Waals surface area contributed by atoms with Gasteiger partial charge in [0.05, 0.1) is 11.4 Å². The van der Waals surface area contributed by atoms with Gasteiger partial charge in [0.25, 0.3) is 0 Å². The first-order valence-corrected chi connectivity index (χ1v) is 8.60. The van der Waals surface area contributed by atoms with E-state index in [1.165, 1.54) is 12.1 Å². The van der Waals surface area contributed by atoms with E-state index in [2.05, 4.69) is 25.3 Å². The third kappa shape index (κ3) is 6.38. The Morgan fingerprint density at radius 3 is 2.44 bits per heavy atom. The lowest BCUT2D eigenvalue weighted by Gasteiger charge is -2.11. The molecule has 2 heterocycles. The van der Waals surface area contributed by atoms with Crippen molar-refractivity contribution in [1.82, 2.24) is 25.0 Å². The van der Waals surface area contributed by atoms with Crippen LogP contribution in [0.2, 0.25) is 0 Å². The van der Waals surface area contributed by atoms with E-state index in [0.717, 1.165) is 43.4 Å². The Bertz CT molecular complexity index is 826. The van der Waals surface area contributed by atoms with Gasteiger partial charge in [0.15, 0.2) is 5.96 Å². The maximum Gasteiger partial charge on any atom is 0.191 e. The molecule has 0 aliphatic rings. The minimum atomic E-state index is -0.249. The minimum Gasteiger partial charge on any atom is -0.356 e. The van der Waals surface area contributed by atoms with Crippen molar-refractivity contribution in [2.45, 2.75) is 13.0 Å². The lowest BCUT2D eigenvalue weighted by atomic mass is 10.3. The average molecular weight is 482 g/mol. The van der Waals surface area contributed by atoms with Gasteiger partial charge in [-0.25, -0.2) is 9.07 Å². The van der Waals surface area contributed by atoms with Crippen LogP contribution < -0.4 is 10.6 Å². The van der Waals surface area contributed by atoms with Crippen LogP contribution in [-0.4, -0.2) is 40.4 Å². The molecular weight excluding hydrogens is 458 g/mol. The molecule has 0 spiro atoms. The van der Waals surface area contributed by atoms with Crippen molar-refractivity contribution in [1.29, 1.82) is 0 Å². The zero-order chi connectivity index (χ0) is 18.2. The van der Waals surface area contributed by atoms with E-state index in [9.17, 15) is 4.39 Å². The van der Waals surface area contributed by atoms with Crippen LogP contribution in [0, 0.1) is 5.82 Å². The van der Waals surface area contributed by atoms with Gasteiger partial charge >= 0.3 is 0 Å². The van der Waals surface area contributed by atoms with Crippen molar-refractivity contribution in [2.75, 3.05) is 20.1 Å². The van der Waals surface area contributed by atoms with Gasteiger partial charge in [-0.15, -0.1) is 24.0 Å². The van der Waals surface area contributed by atoms with Crippen molar-refractivity contribution in [3.05, 3.63) is 72.6 Å². The lowest BCUT2D eigenvalue weighted by molar-refractivity contribution is 0.627. The molecule has 1 aromatic carbocycles. The molecule has 3 aromatic rings. The predicted octanol–water partition coefficient (Wildman–Crippen LogP) is 2.84. The van der Waals surface area contributed by atoms with E-state index in [0.29, 0.717) is 0 Å². The maximum absolute atomic E-state index is 13.0. The molecule has 6 nitrogen and oxygen atoms in total. The van der Waals surface area contributed by atoms with E-state index >= 15 is 0 Å². The number of benzene rings is 1. The first kappa shape index (κ1) is 20.9. The summed E-state index contributed by atoms with van der Waals surface area (Å²) in [4.78, 5) is 4.22. The highest BCUT2D eigenvalue weighted by molar-refractivity contribution is 14.0. The molecule has 3 rings (SSSR count). The van der Waals surface area contributed by atoms with Crippen LogP contribution in [0.25, 0.3) is 5.69 Å². The highest BCUT2D eigenvalue weighted by Gasteiger charge is 2.03. The van der Waals surface area contributed by atoms with Crippen LogP contribution in [0.15, 0.2) is 66.0 Å². The Hall–Kier alpha value is -2.36. The zero-order valence-corrected chi connectivity index (χ0v) is 17.5. The summed E-state index contributed by atoms with van der Waals surface area (Å²) in [6, 6.07) is 12.3. The van der Waals surface area contributed by atoms with Crippen LogP contribution in [-0.2, 0) is 13.0 Å². The van der Waals surface area contributed by atoms with Gasteiger partial charge in [-0.05, 0) is 42.5 Å². The van der Waals surface area contributed by atoms with Crippen LogP contribution in [0.1, 0.15) is 5.69 Å². The molecule has 0 unspecified atom stereocenters.